The minimum Gasteiger partial charge on any atom is -0.391 e. The lowest BCUT2D eigenvalue weighted by Crippen LogP contribution is -2.42. The zero-order valence-electron chi connectivity index (χ0n) is 13.9. The molecule has 0 radical (unpaired) electrons. The standard InChI is InChI=1S/C16H18N6O3/c1-9-18-14(12-5-3-4-6-17-12)20-16(19-9)21-15(25)13-7-11(24)8-22(13)10(2)23/h3-6,11,13,24H,7-8H2,1-2H3,(H,18,19,20,21,25)/t11-,13?/m1/s1. The quantitative estimate of drug-likeness (QED) is 0.815. The van der Waals surface area contributed by atoms with Crippen LogP contribution in [-0.4, -0.2) is 60.4 Å². The van der Waals surface area contributed by atoms with Gasteiger partial charge < -0.3 is 10.0 Å². The second kappa shape index (κ2) is 6.89. The van der Waals surface area contributed by atoms with E-state index in [1.54, 1.807) is 25.3 Å². The predicted octanol–water partition coefficient (Wildman–Crippen LogP) is 0.162. The highest BCUT2D eigenvalue weighted by molar-refractivity contribution is 5.96. The SMILES string of the molecule is CC(=O)N1C[C@H](O)CC1C(=O)Nc1nc(C)nc(-c2ccccn2)n1. The van der Waals surface area contributed by atoms with Gasteiger partial charge in [-0.05, 0) is 19.1 Å². The fourth-order valence-electron chi connectivity index (χ4n) is 2.75. The number of aliphatic hydroxyl groups is 1. The van der Waals surface area contributed by atoms with Gasteiger partial charge in [-0.15, -0.1) is 0 Å². The number of nitrogens with zero attached hydrogens (tertiary/aromatic N) is 5. The van der Waals surface area contributed by atoms with Gasteiger partial charge in [-0.25, -0.2) is 4.98 Å². The highest BCUT2D eigenvalue weighted by Gasteiger charge is 2.37. The fourth-order valence-corrected chi connectivity index (χ4v) is 2.75. The fraction of sp³-hybridized carbons (Fsp3) is 0.375. The summed E-state index contributed by atoms with van der Waals surface area (Å²) < 4.78 is 0. The minimum atomic E-state index is -0.747. The first kappa shape index (κ1) is 16.9. The number of aliphatic hydroxyl groups excluding tert-OH is 1. The van der Waals surface area contributed by atoms with Crippen molar-refractivity contribution in [1.29, 1.82) is 0 Å². The number of nitrogens with one attached hydrogen (secondary N) is 1. The molecule has 0 aromatic carbocycles. The van der Waals surface area contributed by atoms with Crippen molar-refractivity contribution in [3.63, 3.8) is 0 Å². The number of β-amino-alcohol motifs (C(OH)–C–C–N with tert-alkyl or cyclic N) is 1. The maximum absolute atomic E-state index is 12.5. The molecule has 9 nitrogen and oxygen atoms in total. The van der Waals surface area contributed by atoms with E-state index < -0.39 is 18.1 Å². The van der Waals surface area contributed by atoms with E-state index in [-0.39, 0.29) is 24.8 Å². The third kappa shape index (κ3) is 3.77. The van der Waals surface area contributed by atoms with Gasteiger partial charge in [-0.3, -0.25) is 19.9 Å². The Morgan fingerprint density at radius 1 is 1.28 bits per heavy atom. The van der Waals surface area contributed by atoms with E-state index in [0.29, 0.717) is 17.3 Å². The van der Waals surface area contributed by atoms with Crippen LogP contribution in [0.25, 0.3) is 11.5 Å². The molecule has 0 spiro atoms. The molecule has 2 atom stereocenters. The predicted molar refractivity (Wildman–Crippen MR) is 88.2 cm³/mol. The zero-order chi connectivity index (χ0) is 18.0. The lowest BCUT2D eigenvalue weighted by molar-refractivity contribution is -0.134. The van der Waals surface area contributed by atoms with Gasteiger partial charge in [0.2, 0.25) is 17.8 Å². The summed E-state index contributed by atoms with van der Waals surface area (Å²) in [5.74, 6) is 0.157. The molecule has 9 heteroatoms. The highest BCUT2D eigenvalue weighted by Crippen LogP contribution is 2.20. The van der Waals surface area contributed by atoms with Crippen LogP contribution in [0, 0.1) is 6.92 Å². The molecule has 1 aliphatic heterocycles. The molecule has 2 amide bonds. The monoisotopic (exact) mass is 342 g/mol. The molecular weight excluding hydrogens is 324 g/mol. The molecule has 2 aromatic rings. The van der Waals surface area contributed by atoms with Gasteiger partial charge in [0.15, 0.2) is 5.82 Å². The summed E-state index contributed by atoms with van der Waals surface area (Å²) in [6.07, 6.45) is 1.09. The van der Waals surface area contributed by atoms with Crippen molar-refractivity contribution in [3.8, 4) is 11.5 Å². The van der Waals surface area contributed by atoms with Crippen LogP contribution in [0.2, 0.25) is 0 Å². The van der Waals surface area contributed by atoms with E-state index in [1.165, 1.54) is 11.8 Å². The van der Waals surface area contributed by atoms with Crippen LogP contribution in [0.5, 0.6) is 0 Å². The molecule has 1 saturated heterocycles. The number of carbonyl (C=O) groups is 2. The molecule has 0 bridgehead atoms. The topological polar surface area (TPSA) is 121 Å². The van der Waals surface area contributed by atoms with Crippen LogP contribution < -0.4 is 5.32 Å². The van der Waals surface area contributed by atoms with E-state index in [1.807, 2.05) is 6.07 Å². The Labute approximate surface area is 144 Å². The molecule has 1 fully saturated rings. The Bertz CT molecular complexity index is 798. The van der Waals surface area contributed by atoms with Crippen molar-refractivity contribution >= 4 is 17.8 Å². The molecule has 2 N–H and O–H groups in total. The molecule has 2 aromatic heterocycles. The molecule has 0 aliphatic carbocycles. The zero-order valence-corrected chi connectivity index (χ0v) is 13.9. The van der Waals surface area contributed by atoms with Crippen LogP contribution in [-0.2, 0) is 9.59 Å². The number of hydrogen-bond acceptors (Lipinski definition) is 7. The largest absolute Gasteiger partial charge is 0.391 e. The van der Waals surface area contributed by atoms with Gasteiger partial charge in [0.25, 0.3) is 0 Å². The number of pyridine rings is 1. The van der Waals surface area contributed by atoms with E-state index in [0.717, 1.165) is 0 Å². The molecule has 1 aliphatic rings. The molecule has 1 unspecified atom stereocenters. The first-order valence-corrected chi connectivity index (χ1v) is 7.84. The summed E-state index contributed by atoms with van der Waals surface area (Å²) in [4.78, 5) is 42.2. The van der Waals surface area contributed by atoms with Gasteiger partial charge in [0.1, 0.15) is 17.6 Å². The third-order valence-corrected chi connectivity index (χ3v) is 3.86. The van der Waals surface area contributed by atoms with Gasteiger partial charge in [-0.2, -0.15) is 9.97 Å². The van der Waals surface area contributed by atoms with Gasteiger partial charge in [-0.1, -0.05) is 6.07 Å². The van der Waals surface area contributed by atoms with E-state index in [9.17, 15) is 14.7 Å². The average Bonchev–Trinajstić information content (AvgIpc) is 2.97. The lowest BCUT2D eigenvalue weighted by atomic mass is 10.2. The highest BCUT2D eigenvalue weighted by atomic mass is 16.3. The second-order valence-electron chi connectivity index (χ2n) is 5.81. The number of aryl methyl sites for hydroxylation is 1. The minimum absolute atomic E-state index is 0.0862. The van der Waals surface area contributed by atoms with Crippen molar-refractivity contribution in [3.05, 3.63) is 30.2 Å². The van der Waals surface area contributed by atoms with E-state index >= 15 is 0 Å². The molecule has 3 heterocycles. The van der Waals surface area contributed by atoms with Crippen molar-refractivity contribution in [2.24, 2.45) is 0 Å². The maximum Gasteiger partial charge on any atom is 0.249 e. The number of rotatable bonds is 3. The van der Waals surface area contributed by atoms with Crippen LogP contribution >= 0.6 is 0 Å². The number of anilines is 1. The number of hydrogen-bond donors (Lipinski definition) is 2. The second-order valence-corrected chi connectivity index (χ2v) is 5.81. The number of aromatic nitrogens is 4. The summed E-state index contributed by atoms with van der Waals surface area (Å²) in [5.41, 5.74) is 0.560. The maximum atomic E-state index is 12.5. The van der Waals surface area contributed by atoms with Crippen LogP contribution in [0.1, 0.15) is 19.2 Å². The van der Waals surface area contributed by atoms with Crippen LogP contribution in [0.15, 0.2) is 24.4 Å². The summed E-state index contributed by atoms with van der Waals surface area (Å²) in [7, 11) is 0. The van der Waals surface area contributed by atoms with Crippen molar-refractivity contribution in [2.75, 3.05) is 11.9 Å². The van der Waals surface area contributed by atoms with Crippen molar-refractivity contribution < 1.29 is 14.7 Å². The van der Waals surface area contributed by atoms with Crippen molar-refractivity contribution in [1.82, 2.24) is 24.8 Å². The van der Waals surface area contributed by atoms with Crippen molar-refractivity contribution in [2.45, 2.75) is 32.4 Å². The summed E-state index contributed by atoms with van der Waals surface area (Å²) >= 11 is 0. The molecule has 3 rings (SSSR count). The van der Waals surface area contributed by atoms with Gasteiger partial charge in [0, 0.05) is 26.1 Å². The van der Waals surface area contributed by atoms with Crippen LogP contribution in [0.3, 0.4) is 0 Å². The first-order chi connectivity index (χ1) is 11.9. The summed E-state index contributed by atoms with van der Waals surface area (Å²) in [5, 5.41) is 12.4. The molecule has 0 saturated carbocycles. The number of carbonyl (C=O) groups excluding carboxylic acids is 2. The van der Waals surface area contributed by atoms with Gasteiger partial charge in [0.05, 0.1) is 6.10 Å². The Hall–Kier alpha value is -2.94. The molecule has 130 valence electrons. The van der Waals surface area contributed by atoms with Gasteiger partial charge >= 0.3 is 0 Å². The smallest absolute Gasteiger partial charge is 0.249 e. The third-order valence-electron chi connectivity index (χ3n) is 3.86. The molecular formula is C16H18N6O3. The van der Waals surface area contributed by atoms with E-state index in [4.69, 9.17) is 0 Å². The Morgan fingerprint density at radius 2 is 2.08 bits per heavy atom. The average molecular weight is 342 g/mol. The normalized spacial score (nSPS) is 19.7. The number of amides is 2. The van der Waals surface area contributed by atoms with E-state index in [2.05, 4.69) is 25.3 Å². The Morgan fingerprint density at radius 3 is 2.76 bits per heavy atom. The first-order valence-electron chi connectivity index (χ1n) is 7.84. The Kier molecular flexibility index (Phi) is 4.66. The van der Waals surface area contributed by atoms with Crippen LogP contribution in [0.4, 0.5) is 5.95 Å². The molecule has 25 heavy (non-hydrogen) atoms. The lowest BCUT2D eigenvalue weighted by Gasteiger charge is -2.21. The summed E-state index contributed by atoms with van der Waals surface area (Å²) in [6, 6.07) is 4.60. The summed E-state index contributed by atoms with van der Waals surface area (Å²) in [6.45, 7) is 3.19. The Balaban J connectivity index is 1.82. The number of likely N-dealkylation sites (tertiary alicyclic amines) is 1.